The van der Waals surface area contributed by atoms with E-state index in [1.165, 1.54) is 83.5 Å². The first kappa shape index (κ1) is 25.3. The fraction of sp³-hybridized carbons (Fsp3) is 0.875. The van der Waals surface area contributed by atoms with Crippen molar-refractivity contribution in [2.24, 2.45) is 0 Å². The van der Waals surface area contributed by atoms with Crippen LogP contribution < -0.4 is 0 Å². The first-order valence-corrected chi connectivity index (χ1v) is 19.1. The van der Waals surface area contributed by atoms with E-state index in [0.717, 1.165) is 0 Å². The molecule has 0 aromatic rings. The average molecular weight is 455 g/mol. The molecular weight excluding hydrogens is 407 g/mol. The minimum atomic E-state index is -2.21. The fourth-order valence-corrected chi connectivity index (χ4v) is 20.9. The fourth-order valence-electron chi connectivity index (χ4n) is 3.98. The van der Waals surface area contributed by atoms with Gasteiger partial charge < -0.3 is 0 Å². The molecule has 25 heavy (non-hydrogen) atoms. The van der Waals surface area contributed by atoms with Gasteiger partial charge in [0.1, 0.15) is 0 Å². The van der Waals surface area contributed by atoms with Crippen LogP contribution in [0.5, 0.6) is 0 Å². The van der Waals surface area contributed by atoms with E-state index < -0.39 is 18.4 Å². The molecular formula is C24H48Sn. The maximum atomic E-state index is 3.95. The summed E-state index contributed by atoms with van der Waals surface area (Å²) in [5.74, 6) is 0. The second-order valence-electron chi connectivity index (χ2n) is 8.02. The second kappa shape index (κ2) is 17.7. The Bertz CT molecular complexity index is 327. The van der Waals surface area contributed by atoms with Gasteiger partial charge in [0.15, 0.2) is 0 Å². The van der Waals surface area contributed by atoms with Crippen molar-refractivity contribution in [2.75, 3.05) is 0 Å². The average Bonchev–Trinajstić information content (AvgIpc) is 2.63. The van der Waals surface area contributed by atoms with Gasteiger partial charge in [-0.2, -0.15) is 0 Å². The van der Waals surface area contributed by atoms with Crippen molar-refractivity contribution in [1.29, 1.82) is 0 Å². The molecule has 0 radical (unpaired) electrons. The topological polar surface area (TPSA) is 0 Å². The van der Waals surface area contributed by atoms with Gasteiger partial charge in [0.2, 0.25) is 0 Å². The molecule has 0 saturated carbocycles. The number of hydrogen-bond donors (Lipinski definition) is 0. The molecule has 0 atom stereocenters. The van der Waals surface area contributed by atoms with E-state index in [2.05, 4.69) is 46.4 Å². The van der Waals surface area contributed by atoms with E-state index in [4.69, 9.17) is 0 Å². The molecule has 0 unspecified atom stereocenters. The summed E-state index contributed by atoms with van der Waals surface area (Å²) in [5, 5.41) is 0. The predicted molar refractivity (Wildman–Crippen MR) is 120 cm³/mol. The van der Waals surface area contributed by atoms with Gasteiger partial charge in [-0.25, -0.2) is 0 Å². The molecule has 0 fully saturated rings. The molecule has 0 spiro atoms. The Balaban J connectivity index is 5.35. The van der Waals surface area contributed by atoms with Crippen LogP contribution in [0.3, 0.4) is 0 Å². The van der Waals surface area contributed by atoms with Gasteiger partial charge in [0.05, 0.1) is 0 Å². The molecule has 0 aromatic carbocycles. The third kappa shape index (κ3) is 11.6. The van der Waals surface area contributed by atoms with Crippen molar-refractivity contribution in [2.45, 2.75) is 131 Å². The SMILES string of the molecule is CCCCCCC=C=[C](CCC)[Sn]([CH2]CCC)([CH2]CCC)[CH2]CCC. The Morgan fingerprint density at radius 2 is 1.16 bits per heavy atom. The van der Waals surface area contributed by atoms with Gasteiger partial charge in [0.25, 0.3) is 0 Å². The normalized spacial score (nSPS) is 11.4. The van der Waals surface area contributed by atoms with Crippen LogP contribution in [0.15, 0.2) is 15.4 Å². The molecule has 0 nitrogen and oxygen atoms in total. The van der Waals surface area contributed by atoms with E-state index in [-0.39, 0.29) is 0 Å². The Morgan fingerprint density at radius 3 is 1.60 bits per heavy atom. The van der Waals surface area contributed by atoms with Crippen molar-refractivity contribution in [3.63, 3.8) is 0 Å². The molecule has 0 amide bonds. The van der Waals surface area contributed by atoms with Crippen LogP contribution in [0.25, 0.3) is 0 Å². The van der Waals surface area contributed by atoms with Crippen molar-refractivity contribution < 1.29 is 0 Å². The van der Waals surface area contributed by atoms with Crippen LogP contribution in [0, 0.1) is 0 Å². The Labute approximate surface area is 164 Å². The summed E-state index contributed by atoms with van der Waals surface area (Å²) in [7, 11) is 0. The minimum absolute atomic E-state index is 1.25. The van der Waals surface area contributed by atoms with Crippen LogP contribution in [0.1, 0.15) is 118 Å². The quantitative estimate of drug-likeness (QED) is 0.117. The zero-order valence-corrected chi connectivity index (χ0v) is 21.2. The zero-order chi connectivity index (χ0) is 18.8. The standard InChI is InChI=1S/C12H21.3C4H9.Sn/c1-3-5-7-9-11-12-10-8-6-4-2;3*1-3-4-2;/h12H,3-7,9,11H2,1-2H3;3*1,3-4H2,2H3;. The van der Waals surface area contributed by atoms with Crippen LogP contribution in [0.4, 0.5) is 0 Å². The number of hydrogen-bond acceptors (Lipinski definition) is 0. The second-order valence-corrected chi connectivity index (χ2v) is 21.3. The van der Waals surface area contributed by atoms with Gasteiger partial charge in [-0.1, -0.05) is 0 Å². The summed E-state index contributed by atoms with van der Waals surface area (Å²) in [6.07, 6.45) is 20.4. The molecule has 0 aromatic heterocycles. The molecule has 0 rings (SSSR count). The summed E-state index contributed by atoms with van der Waals surface area (Å²) >= 11 is -2.21. The van der Waals surface area contributed by atoms with Gasteiger partial charge in [-0.15, -0.1) is 0 Å². The summed E-state index contributed by atoms with van der Waals surface area (Å²) in [5.41, 5.74) is 3.95. The molecule has 0 saturated heterocycles. The molecule has 0 N–H and O–H groups in total. The third-order valence-electron chi connectivity index (χ3n) is 5.65. The molecule has 0 aliphatic rings. The summed E-state index contributed by atoms with van der Waals surface area (Å²) < 4.78 is 6.66. The molecule has 1 heteroatoms. The van der Waals surface area contributed by atoms with Crippen molar-refractivity contribution >= 4 is 18.4 Å². The van der Waals surface area contributed by atoms with Crippen LogP contribution >= 0.6 is 0 Å². The van der Waals surface area contributed by atoms with Crippen LogP contribution in [0.2, 0.25) is 13.3 Å². The zero-order valence-electron chi connectivity index (χ0n) is 18.4. The van der Waals surface area contributed by atoms with Gasteiger partial charge >= 0.3 is 165 Å². The Kier molecular flexibility index (Phi) is 17.9. The molecule has 148 valence electrons. The molecule has 0 aliphatic carbocycles. The van der Waals surface area contributed by atoms with Gasteiger partial charge in [-0.05, 0) is 0 Å². The first-order chi connectivity index (χ1) is 12.2. The van der Waals surface area contributed by atoms with Crippen LogP contribution in [-0.4, -0.2) is 18.4 Å². The van der Waals surface area contributed by atoms with Crippen molar-refractivity contribution in [3.05, 3.63) is 15.4 Å². The third-order valence-corrected chi connectivity index (χ3v) is 21.6. The summed E-state index contributed by atoms with van der Waals surface area (Å²) in [6.45, 7) is 11.8. The van der Waals surface area contributed by atoms with E-state index in [0.29, 0.717) is 0 Å². The number of allylic oxidation sites excluding steroid dienone is 1. The van der Waals surface area contributed by atoms with Crippen LogP contribution in [-0.2, 0) is 0 Å². The number of unbranched alkanes of at least 4 members (excludes halogenated alkanes) is 7. The molecule has 0 heterocycles. The predicted octanol–water partition coefficient (Wildman–Crippen LogP) is 9.23. The van der Waals surface area contributed by atoms with E-state index in [1.54, 1.807) is 13.3 Å². The van der Waals surface area contributed by atoms with Crippen molar-refractivity contribution in [3.8, 4) is 0 Å². The van der Waals surface area contributed by atoms with Gasteiger partial charge in [-0.3, -0.25) is 0 Å². The van der Waals surface area contributed by atoms with Crippen molar-refractivity contribution in [1.82, 2.24) is 0 Å². The maximum absolute atomic E-state index is 3.95. The van der Waals surface area contributed by atoms with E-state index in [9.17, 15) is 0 Å². The summed E-state index contributed by atoms with van der Waals surface area (Å²) in [6, 6.07) is 0. The van der Waals surface area contributed by atoms with E-state index in [1.807, 2.05) is 3.59 Å². The number of rotatable bonds is 17. The van der Waals surface area contributed by atoms with E-state index >= 15 is 0 Å². The summed E-state index contributed by atoms with van der Waals surface area (Å²) in [4.78, 5) is 0. The Morgan fingerprint density at radius 1 is 0.640 bits per heavy atom. The Hall–Kier alpha value is 0.319. The van der Waals surface area contributed by atoms with Gasteiger partial charge in [0, 0.05) is 0 Å². The monoisotopic (exact) mass is 456 g/mol. The molecule has 0 bridgehead atoms. The molecule has 0 aliphatic heterocycles. The first-order valence-electron chi connectivity index (χ1n) is 11.6.